The van der Waals surface area contributed by atoms with Crippen molar-refractivity contribution in [2.75, 3.05) is 13.1 Å². The molecule has 0 heterocycles. The highest BCUT2D eigenvalue weighted by atomic mass is 19.1. The maximum absolute atomic E-state index is 13.4. The number of halogens is 1. The van der Waals surface area contributed by atoms with Gasteiger partial charge in [-0.05, 0) is 67.2 Å². The molecule has 1 N–H and O–H groups in total. The Hall–Kier alpha value is -0.890. The molecule has 0 aliphatic heterocycles. The molecule has 0 saturated heterocycles. The van der Waals surface area contributed by atoms with Gasteiger partial charge in [0.2, 0.25) is 0 Å². The van der Waals surface area contributed by atoms with Crippen LogP contribution in [0.25, 0.3) is 0 Å². The van der Waals surface area contributed by atoms with Gasteiger partial charge in [-0.25, -0.2) is 4.39 Å². The minimum absolute atomic E-state index is 0.0979. The number of nitrogens with one attached hydrogen (secondary N) is 1. The molecule has 19 heavy (non-hydrogen) atoms. The van der Waals surface area contributed by atoms with E-state index in [1.807, 2.05) is 6.07 Å². The van der Waals surface area contributed by atoms with Crippen LogP contribution in [0.1, 0.15) is 38.2 Å². The summed E-state index contributed by atoms with van der Waals surface area (Å²) in [5.41, 5.74) is 1.55. The summed E-state index contributed by atoms with van der Waals surface area (Å²) in [5, 5.41) is 3.56. The predicted molar refractivity (Wildman–Crippen MR) is 76.5 cm³/mol. The van der Waals surface area contributed by atoms with Gasteiger partial charge < -0.3 is 5.32 Å². The first-order chi connectivity index (χ1) is 9.22. The third-order valence-electron chi connectivity index (χ3n) is 5.27. The third-order valence-corrected chi connectivity index (χ3v) is 5.27. The summed E-state index contributed by atoms with van der Waals surface area (Å²) in [6.45, 7) is 4.30. The molecule has 3 atom stereocenters. The van der Waals surface area contributed by atoms with Crippen LogP contribution in [0.2, 0.25) is 0 Å². The second kappa shape index (κ2) is 5.24. The zero-order chi connectivity index (χ0) is 13.3. The van der Waals surface area contributed by atoms with E-state index >= 15 is 0 Å². The lowest BCUT2D eigenvalue weighted by molar-refractivity contribution is 0.157. The summed E-state index contributed by atoms with van der Waals surface area (Å²) >= 11 is 0. The van der Waals surface area contributed by atoms with Gasteiger partial charge in [-0.15, -0.1) is 0 Å². The maximum atomic E-state index is 13.4. The molecule has 3 rings (SSSR count). The topological polar surface area (TPSA) is 12.0 Å². The van der Waals surface area contributed by atoms with E-state index in [4.69, 9.17) is 0 Å². The summed E-state index contributed by atoms with van der Waals surface area (Å²) < 4.78 is 13.4. The molecule has 3 unspecified atom stereocenters. The molecule has 0 amide bonds. The Balaban J connectivity index is 1.80. The van der Waals surface area contributed by atoms with Gasteiger partial charge in [-0.1, -0.05) is 25.5 Å². The zero-order valence-corrected chi connectivity index (χ0v) is 11.8. The Labute approximate surface area is 115 Å². The van der Waals surface area contributed by atoms with Gasteiger partial charge in [0, 0.05) is 6.54 Å². The average molecular weight is 261 g/mol. The molecule has 2 fully saturated rings. The normalized spacial score (nSPS) is 32.9. The van der Waals surface area contributed by atoms with Gasteiger partial charge in [0.15, 0.2) is 0 Å². The van der Waals surface area contributed by atoms with Crippen LogP contribution in [0.15, 0.2) is 24.3 Å². The summed E-state index contributed by atoms with van der Waals surface area (Å²) in [6, 6.07) is 7.20. The molecular formula is C17H24FN. The lowest BCUT2D eigenvalue weighted by atomic mass is 9.69. The molecule has 0 spiro atoms. The van der Waals surface area contributed by atoms with Crippen LogP contribution in [0.4, 0.5) is 4.39 Å². The Kier molecular flexibility index (Phi) is 3.62. The SMILES string of the molecule is CCNCC1(Cc2cccc(F)c2)CC2CCC1C2. The van der Waals surface area contributed by atoms with Crippen LogP contribution in [-0.4, -0.2) is 13.1 Å². The summed E-state index contributed by atoms with van der Waals surface area (Å²) in [4.78, 5) is 0. The molecule has 2 bridgehead atoms. The second-order valence-corrected chi connectivity index (χ2v) is 6.53. The number of hydrogen-bond acceptors (Lipinski definition) is 1. The summed E-state index contributed by atoms with van der Waals surface area (Å²) in [6.07, 6.45) is 6.58. The number of rotatable bonds is 5. The molecule has 2 aliphatic carbocycles. The smallest absolute Gasteiger partial charge is 0.123 e. The Morgan fingerprint density at radius 1 is 1.37 bits per heavy atom. The van der Waals surface area contributed by atoms with Crippen molar-refractivity contribution in [2.24, 2.45) is 17.3 Å². The Morgan fingerprint density at radius 3 is 2.89 bits per heavy atom. The van der Waals surface area contributed by atoms with Crippen LogP contribution >= 0.6 is 0 Å². The van der Waals surface area contributed by atoms with Crippen molar-refractivity contribution < 1.29 is 4.39 Å². The van der Waals surface area contributed by atoms with E-state index in [0.717, 1.165) is 31.3 Å². The molecule has 1 aromatic carbocycles. The Bertz CT molecular complexity index is 445. The van der Waals surface area contributed by atoms with Crippen molar-refractivity contribution in [3.63, 3.8) is 0 Å². The van der Waals surface area contributed by atoms with E-state index in [-0.39, 0.29) is 5.82 Å². The Morgan fingerprint density at radius 2 is 2.26 bits per heavy atom. The lowest BCUT2D eigenvalue weighted by Gasteiger charge is -2.38. The van der Waals surface area contributed by atoms with Crippen LogP contribution in [0.5, 0.6) is 0 Å². The first-order valence-electron chi connectivity index (χ1n) is 7.67. The molecular weight excluding hydrogens is 237 g/mol. The molecule has 1 aromatic rings. The van der Waals surface area contributed by atoms with Crippen molar-refractivity contribution in [3.05, 3.63) is 35.6 Å². The van der Waals surface area contributed by atoms with Crippen LogP contribution in [0, 0.1) is 23.1 Å². The van der Waals surface area contributed by atoms with Gasteiger partial charge in [0.1, 0.15) is 5.82 Å². The van der Waals surface area contributed by atoms with E-state index < -0.39 is 0 Å². The fourth-order valence-corrected chi connectivity index (χ4v) is 4.48. The molecule has 104 valence electrons. The van der Waals surface area contributed by atoms with Crippen molar-refractivity contribution >= 4 is 0 Å². The maximum Gasteiger partial charge on any atom is 0.123 e. The summed E-state index contributed by atoms with van der Waals surface area (Å²) in [5.74, 6) is 1.68. The second-order valence-electron chi connectivity index (χ2n) is 6.53. The van der Waals surface area contributed by atoms with Crippen molar-refractivity contribution in [3.8, 4) is 0 Å². The van der Waals surface area contributed by atoms with Gasteiger partial charge in [0.05, 0.1) is 0 Å². The minimum atomic E-state index is -0.0979. The summed E-state index contributed by atoms with van der Waals surface area (Å²) in [7, 11) is 0. The van der Waals surface area contributed by atoms with E-state index in [9.17, 15) is 4.39 Å². The van der Waals surface area contributed by atoms with Gasteiger partial charge in [-0.2, -0.15) is 0 Å². The molecule has 0 radical (unpaired) electrons. The first kappa shape index (κ1) is 13.1. The number of benzene rings is 1. The minimum Gasteiger partial charge on any atom is -0.316 e. The zero-order valence-electron chi connectivity index (χ0n) is 11.8. The fourth-order valence-electron chi connectivity index (χ4n) is 4.48. The highest BCUT2D eigenvalue weighted by molar-refractivity contribution is 5.20. The first-order valence-corrected chi connectivity index (χ1v) is 7.67. The third kappa shape index (κ3) is 2.55. The highest BCUT2D eigenvalue weighted by Gasteiger charge is 2.50. The number of hydrogen-bond donors (Lipinski definition) is 1. The van der Waals surface area contributed by atoms with Crippen molar-refractivity contribution in [2.45, 2.75) is 39.0 Å². The molecule has 1 nitrogen and oxygen atoms in total. The van der Waals surface area contributed by atoms with Crippen molar-refractivity contribution in [1.29, 1.82) is 0 Å². The number of fused-ring (bicyclic) bond motifs is 2. The monoisotopic (exact) mass is 261 g/mol. The van der Waals surface area contributed by atoms with E-state index in [2.05, 4.69) is 18.3 Å². The van der Waals surface area contributed by atoms with E-state index in [1.165, 1.54) is 31.2 Å². The highest BCUT2D eigenvalue weighted by Crippen LogP contribution is 2.57. The van der Waals surface area contributed by atoms with Crippen molar-refractivity contribution in [1.82, 2.24) is 5.32 Å². The van der Waals surface area contributed by atoms with Crippen LogP contribution < -0.4 is 5.32 Å². The molecule has 2 heteroatoms. The van der Waals surface area contributed by atoms with Gasteiger partial charge >= 0.3 is 0 Å². The van der Waals surface area contributed by atoms with Crippen LogP contribution in [-0.2, 0) is 6.42 Å². The van der Waals surface area contributed by atoms with Gasteiger partial charge in [-0.3, -0.25) is 0 Å². The molecule has 2 aliphatic rings. The quantitative estimate of drug-likeness (QED) is 0.850. The van der Waals surface area contributed by atoms with E-state index in [1.54, 1.807) is 12.1 Å². The fraction of sp³-hybridized carbons (Fsp3) is 0.647. The lowest BCUT2D eigenvalue weighted by Crippen LogP contribution is -2.40. The average Bonchev–Trinajstić information content (AvgIpc) is 2.97. The standard InChI is InChI=1S/C17H24FN/c1-2-19-12-17(11-14-6-7-15(17)8-14)10-13-4-3-5-16(18)9-13/h3-5,9,14-15,19H,2,6-8,10-12H2,1H3. The van der Waals surface area contributed by atoms with E-state index in [0.29, 0.717) is 5.41 Å². The predicted octanol–water partition coefficient (Wildman–Crippen LogP) is 3.78. The molecule has 2 saturated carbocycles. The van der Waals surface area contributed by atoms with Gasteiger partial charge in [0.25, 0.3) is 0 Å². The molecule has 0 aromatic heterocycles. The van der Waals surface area contributed by atoms with Crippen LogP contribution in [0.3, 0.4) is 0 Å². The largest absolute Gasteiger partial charge is 0.316 e.